The van der Waals surface area contributed by atoms with E-state index in [9.17, 15) is 4.79 Å². The molecule has 5 heteroatoms. The highest BCUT2D eigenvalue weighted by Crippen LogP contribution is 2.21. The first-order valence-corrected chi connectivity index (χ1v) is 6.16. The third kappa shape index (κ3) is 3.41. The van der Waals surface area contributed by atoms with E-state index in [0.29, 0.717) is 17.1 Å². The molecule has 0 fully saturated rings. The number of aryl methyl sites for hydroxylation is 1. The minimum Gasteiger partial charge on any atom is -0.496 e. The van der Waals surface area contributed by atoms with Gasteiger partial charge in [0.15, 0.2) is 0 Å². The van der Waals surface area contributed by atoms with Gasteiger partial charge in [-0.15, -0.1) is 0 Å². The summed E-state index contributed by atoms with van der Waals surface area (Å²) in [6.45, 7) is 1.92. The molecule has 2 amide bonds. The van der Waals surface area contributed by atoms with Crippen LogP contribution in [0.1, 0.15) is 5.56 Å². The maximum atomic E-state index is 11.9. The first kappa shape index (κ1) is 13.7. The second kappa shape index (κ2) is 5.97. The van der Waals surface area contributed by atoms with Crippen molar-refractivity contribution >= 4 is 23.1 Å². The number of anilines is 3. The lowest BCUT2D eigenvalue weighted by atomic mass is 10.2. The van der Waals surface area contributed by atoms with Crippen molar-refractivity contribution in [1.29, 1.82) is 0 Å². The SMILES string of the molecule is COc1ccc(NC(=O)Nc2cccc(N)c2)cc1C. The lowest BCUT2D eigenvalue weighted by Gasteiger charge is -2.10. The van der Waals surface area contributed by atoms with Crippen LogP contribution in [0.4, 0.5) is 21.9 Å². The van der Waals surface area contributed by atoms with Crippen molar-refractivity contribution in [2.45, 2.75) is 6.92 Å². The van der Waals surface area contributed by atoms with Gasteiger partial charge in [0.25, 0.3) is 0 Å². The third-order valence-electron chi connectivity index (χ3n) is 2.80. The van der Waals surface area contributed by atoms with E-state index in [-0.39, 0.29) is 6.03 Å². The number of nitrogens with one attached hydrogen (secondary N) is 2. The van der Waals surface area contributed by atoms with Crippen molar-refractivity contribution in [3.63, 3.8) is 0 Å². The molecule has 104 valence electrons. The number of rotatable bonds is 3. The van der Waals surface area contributed by atoms with Gasteiger partial charge >= 0.3 is 6.03 Å². The number of benzene rings is 2. The Morgan fingerprint density at radius 1 is 1.10 bits per heavy atom. The molecule has 0 saturated heterocycles. The second-order valence-electron chi connectivity index (χ2n) is 4.39. The lowest BCUT2D eigenvalue weighted by Crippen LogP contribution is -2.19. The van der Waals surface area contributed by atoms with E-state index in [4.69, 9.17) is 10.5 Å². The Hall–Kier alpha value is -2.69. The molecule has 0 aromatic heterocycles. The fourth-order valence-electron chi connectivity index (χ4n) is 1.87. The Balaban J connectivity index is 2.03. The summed E-state index contributed by atoms with van der Waals surface area (Å²) in [6.07, 6.45) is 0. The van der Waals surface area contributed by atoms with Crippen LogP contribution in [-0.4, -0.2) is 13.1 Å². The highest BCUT2D eigenvalue weighted by Gasteiger charge is 2.05. The third-order valence-corrected chi connectivity index (χ3v) is 2.80. The van der Waals surface area contributed by atoms with Crippen LogP contribution in [0.15, 0.2) is 42.5 Å². The molecule has 0 radical (unpaired) electrons. The molecule has 5 nitrogen and oxygen atoms in total. The molecule has 4 N–H and O–H groups in total. The molecule has 0 saturated carbocycles. The molecule has 2 aromatic carbocycles. The first-order chi connectivity index (χ1) is 9.58. The minimum atomic E-state index is -0.319. The van der Waals surface area contributed by atoms with Crippen LogP contribution < -0.4 is 21.1 Å². The van der Waals surface area contributed by atoms with Gasteiger partial charge in [-0.2, -0.15) is 0 Å². The van der Waals surface area contributed by atoms with Gasteiger partial charge in [0.1, 0.15) is 5.75 Å². The Kier molecular flexibility index (Phi) is 4.10. The maximum absolute atomic E-state index is 11.9. The molecule has 20 heavy (non-hydrogen) atoms. The van der Waals surface area contributed by atoms with Crippen LogP contribution in [0.5, 0.6) is 5.75 Å². The average molecular weight is 271 g/mol. The van der Waals surface area contributed by atoms with Gasteiger partial charge in [-0.1, -0.05) is 6.07 Å². The monoisotopic (exact) mass is 271 g/mol. The van der Waals surface area contributed by atoms with Crippen molar-refractivity contribution in [1.82, 2.24) is 0 Å². The summed E-state index contributed by atoms with van der Waals surface area (Å²) in [5.41, 5.74) is 8.55. The van der Waals surface area contributed by atoms with E-state index < -0.39 is 0 Å². The summed E-state index contributed by atoms with van der Waals surface area (Å²) >= 11 is 0. The summed E-state index contributed by atoms with van der Waals surface area (Å²) in [5, 5.41) is 5.47. The number of hydrogen-bond donors (Lipinski definition) is 3. The zero-order valence-corrected chi connectivity index (χ0v) is 11.4. The highest BCUT2D eigenvalue weighted by atomic mass is 16.5. The first-order valence-electron chi connectivity index (χ1n) is 6.16. The number of amides is 2. The van der Waals surface area contributed by atoms with Gasteiger partial charge < -0.3 is 21.1 Å². The maximum Gasteiger partial charge on any atom is 0.323 e. The molecule has 0 aliphatic heterocycles. The average Bonchev–Trinajstić information content (AvgIpc) is 2.38. The van der Waals surface area contributed by atoms with Crippen molar-refractivity contribution in [3.05, 3.63) is 48.0 Å². The molecular weight excluding hydrogens is 254 g/mol. The smallest absolute Gasteiger partial charge is 0.323 e. The Morgan fingerprint density at radius 3 is 2.40 bits per heavy atom. The van der Waals surface area contributed by atoms with Crippen LogP contribution >= 0.6 is 0 Å². The highest BCUT2D eigenvalue weighted by molar-refractivity contribution is 6.00. The summed E-state index contributed by atoms with van der Waals surface area (Å²) in [6, 6.07) is 12.1. The number of urea groups is 1. The molecule has 0 spiro atoms. The minimum absolute atomic E-state index is 0.319. The fraction of sp³-hybridized carbons (Fsp3) is 0.133. The largest absolute Gasteiger partial charge is 0.496 e. The number of nitrogens with two attached hydrogens (primary N) is 1. The molecular formula is C15H17N3O2. The zero-order chi connectivity index (χ0) is 14.5. The normalized spacial score (nSPS) is 9.90. The van der Waals surface area contributed by atoms with Crippen LogP contribution in [-0.2, 0) is 0 Å². The summed E-state index contributed by atoms with van der Waals surface area (Å²) in [4.78, 5) is 11.9. The van der Waals surface area contributed by atoms with E-state index >= 15 is 0 Å². The summed E-state index contributed by atoms with van der Waals surface area (Å²) < 4.78 is 5.17. The number of ether oxygens (including phenoxy) is 1. The van der Waals surface area contributed by atoms with Crippen molar-refractivity contribution in [3.8, 4) is 5.75 Å². The summed E-state index contributed by atoms with van der Waals surface area (Å²) in [7, 11) is 1.61. The number of carbonyl (C=O) groups is 1. The predicted octanol–water partition coefficient (Wildman–Crippen LogP) is 3.23. The summed E-state index contributed by atoms with van der Waals surface area (Å²) in [5.74, 6) is 0.784. The van der Waals surface area contributed by atoms with E-state index in [1.807, 2.05) is 19.1 Å². The van der Waals surface area contributed by atoms with Gasteiger partial charge in [-0.25, -0.2) is 4.79 Å². The van der Waals surface area contributed by atoms with Crippen LogP contribution in [0, 0.1) is 6.92 Å². The number of carbonyl (C=O) groups excluding carboxylic acids is 1. The van der Waals surface area contributed by atoms with Gasteiger partial charge in [0.2, 0.25) is 0 Å². The number of methoxy groups -OCH3 is 1. The van der Waals surface area contributed by atoms with Gasteiger partial charge in [0, 0.05) is 17.1 Å². The standard InChI is InChI=1S/C15H17N3O2/c1-10-8-13(6-7-14(10)20-2)18-15(19)17-12-5-3-4-11(16)9-12/h3-9H,16H2,1-2H3,(H2,17,18,19). The van der Waals surface area contributed by atoms with E-state index in [1.165, 1.54) is 0 Å². The van der Waals surface area contributed by atoms with Gasteiger partial charge in [-0.05, 0) is 48.9 Å². The Labute approximate surface area is 117 Å². The van der Waals surface area contributed by atoms with Crippen molar-refractivity contribution < 1.29 is 9.53 Å². The molecule has 0 atom stereocenters. The molecule has 0 aliphatic rings. The van der Waals surface area contributed by atoms with Gasteiger partial charge in [0.05, 0.1) is 7.11 Å². The predicted molar refractivity (Wildman–Crippen MR) is 81.2 cm³/mol. The molecule has 2 aromatic rings. The number of nitrogen functional groups attached to an aromatic ring is 1. The van der Waals surface area contributed by atoms with E-state index in [1.54, 1.807) is 37.4 Å². The molecule has 0 aliphatic carbocycles. The quantitative estimate of drug-likeness (QED) is 0.750. The zero-order valence-electron chi connectivity index (χ0n) is 11.4. The second-order valence-corrected chi connectivity index (χ2v) is 4.39. The van der Waals surface area contributed by atoms with Crippen LogP contribution in [0.25, 0.3) is 0 Å². The Bertz CT molecular complexity index is 626. The van der Waals surface area contributed by atoms with Crippen molar-refractivity contribution in [2.24, 2.45) is 0 Å². The van der Waals surface area contributed by atoms with Crippen LogP contribution in [0.2, 0.25) is 0 Å². The van der Waals surface area contributed by atoms with E-state index in [2.05, 4.69) is 10.6 Å². The van der Waals surface area contributed by atoms with Crippen molar-refractivity contribution in [2.75, 3.05) is 23.5 Å². The lowest BCUT2D eigenvalue weighted by molar-refractivity contribution is 0.262. The molecule has 0 bridgehead atoms. The topological polar surface area (TPSA) is 76.4 Å². The number of hydrogen-bond acceptors (Lipinski definition) is 3. The van der Waals surface area contributed by atoms with Gasteiger partial charge in [-0.3, -0.25) is 0 Å². The fourth-order valence-corrected chi connectivity index (χ4v) is 1.87. The van der Waals surface area contributed by atoms with Crippen LogP contribution in [0.3, 0.4) is 0 Å². The molecule has 0 heterocycles. The Morgan fingerprint density at radius 2 is 1.80 bits per heavy atom. The van der Waals surface area contributed by atoms with E-state index in [0.717, 1.165) is 11.3 Å². The molecule has 0 unspecified atom stereocenters. The molecule has 2 rings (SSSR count).